The Morgan fingerprint density at radius 1 is 1.44 bits per heavy atom. The number of nitrogens with zero attached hydrogens (tertiary/aromatic N) is 1. The fourth-order valence-corrected chi connectivity index (χ4v) is 1.33. The van der Waals surface area contributed by atoms with E-state index < -0.39 is 17.6 Å². The predicted octanol–water partition coefficient (Wildman–Crippen LogP) is 1.01. The third-order valence-corrected chi connectivity index (χ3v) is 2.12. The summed E-state index contributed by atoms with van der Waals surface area (Å²) >= 11 is 0. The van der Waals surface area contributed by atoms with Crippen molar-refractivity contribution in [1.82, 2.24) is 0 Å². The number of rotatable bonds is 5. The van der Waals surface area contributed by atoms with E-state index >= 15 is 0 Å². The first-order valence-electron chi connectivity index (χ1n) is 4.60. The van der Waals surface area contributed by atoms with E-state index in [4.69, 9.17) is 9.47 Å². The van der Waals surface area contributed by atoms with E-state index in [1.165, 1.54) is 14.2 Å². The highest BCUT2D eigenvalue weighted by atomic mass is 16.6. The molecule has 6 nitrogen and oxygen atoms in total. The summed E-state index contributed by atoms with van der Waals surface area (Å²) in [5.41, 5.74) is 0.375. The Balaban J connectivity index is 2.98. The van der Waals surface area contributed by atoms with Crippen molar-refractivity contribution in [1.29, 1.82) is 0 Å². The average Bonchev–Trinajstić information content (AvgIpc) is 2.27. The number of benzene rings is 1. The van der Waals surface area contributed by atoms with Crippen molar-refractivity contribution < 1.29 is 19.5 Å². The first kappa shape index (κ1) is 12.3. The highest BCUT2D eigenvalue weighted by Gasteiger charge is 2.18. The van der Waals surface area contributed by atoms with Crippen molar-refractivity contribution in [2.45, 2.75) is 6.10 Å². The van der Waals surface area contributed by atoms with Gasteiger partial charge in [0.1, 0.15) is 17.6 Å². The maximum absolute atomic E-state index is 10.3. The minimum atomic E-state index is -1.18. The topological polar surface area (TPSA) is 81.8 Å². The van der Waals surface area contributed by atoms with Crippen LogP contribution in [0.1, 0.15) is 11.7 Å². The summed E-state index contributed by atoms with van der Waals surface area (Å²) in [5.74, 6) is 0.933. The number of hydrogen-bond acceptors (Lipinski definition) is 5. The van der Waals surface area contributed by atoms with Crippen LogP contribution >= 0.6 is 0 Å². The van der Waals surface area contributed by atoms with Gasteiger partial charge in [0.15, 0.2) is 0 Å². The monoisotopic (exact) mass is 227 g/mol. The Labute approximate surface area is 92.6 Å². The first-order chi connectivity index (χ1) is 7.58. The number of aliphatic hydroxyl groups excluding tert-OH is 1. The van der Waals surface area contributed by atoms with E-state index in [0.29, 0.717) is 17.1 Å². The number of aliphatic hydroxyl groups is 1. The first-order valence-corrected chi connectivity index (χ1v) is 4.60. The van der Waals surface area contributed by atoms with Gasteiger partial charge in [0.2, 0.25) is 6.54 Å². The van der Waals surface area contributed by atoms with Crippen molar-refractivity contribution in [2.75, 3.05) is 20.8 Å². The molecule has 0 spiro atoms. The van der Waals surface area contributed by atoms with Gasteiger partial charge in [-0.1, -0.05) is 0 Å². The lowest BCUT2D eigenvalue weighted by Crippen LogP contribution is -2.12. The number of hydrogen-bond donors (Lipinski definition) is 1. The molecule has 0 aliphatic heterocycles. The molecule has 88 valence electrons. The Morgan fingerprint density at radius 3 is 2.62 bits per heavy atom. The lowest BCUT2D eigenvalue weighted by atomic mass is 10.1. The van der Waals surface area contributed by atoms with E-state index in [0.717, 1.165) is 0 Å². The van der Waals surface area contributed by atoms with Gasteiger partial charge < -0.3 is 14.6 Å². The van der Waals surface area contributed by atoms with E-state index in [9.17, 15) is 15.2 Å². The van der Waals surface area contributed by atoms with Crippen LogP contribution in [0.15, 0.2) is 18.2 Å². The molecule has 6 heteroatoms. The lowest BCUT2D eigenvalue weighted by Gasteiger charge is -2.12. The van der Waals surface area contributed by atoms with Crippen LogP contribution in [0, 0.1) is 10.1 Å². The molecule has 0 unspecified atom stereocenters. The summed E-state index contributed by atoms with van der Waals surface area (Å²) in [6, 6.07) is 4.73. The zero-order valence-corrected chi connectivity index (χ0v) is 9.04. The second-order valence-corrected chi connectivity index (χ2v) is 3.14. The quantitative estimate of drug-likeness (QED) is 0.599. The SMILES string of the molecule is COc1ccc([C@H](O)C[N+](=O)[O-])c(OC)c1. The number of nitro groups is 1. The van der Waals surface area contributed by atoms with Crippen molar-refractivity contribution in [3.05, 3.63) is 33.9 Å². The fraction of sp³-hybridized carbons (Fsp3) is 0.400. The number of methoxy groups -OCH3 is 2. The Morgan fingerprint density at radius 2 is 2.12 bits per heavy atom. The molecule has 0 radical (unpaired) electrons. The second-order valence-electron chi connectivity index (χ2n) is 3.14. The maximum Gasteiger partial charge on any atom is 0.233 e. The van der Waals surface area contributed by atoms with Crippen LogP contribution in [-0.2, 0) is 0 Å². The lowest BCUT2D eigenvalue weighted by molar-refractivity contribution is -0.491. The Bertz CT molecular complexity index is 379. The zero-order valence-electron chi connectivity index (χ0n) is 9.04. The smallest absolute Gasteiger partial charge is 0.233 e. The van der Waals surface area contributed by atoms with Gasteiger partial charge in [0.25, 0.3) is 0 Å². The van der Waals surface area contributed by atoms with Crippen LogP contribution in [0.4, 0.5) is 0 Å². The van der Waals surface area contributed by atoms with Gasteiger partial charge in [0.05, 0.1) is 14.2 Å². The standard InChI is InChI=1S/C10H13NO5/c1-15-7-3-4-8(10(5-7)16-2)9(12)6-11(13)14/h3-5,9,12H,6H2,1-2H3/t9-/m1/s1. The van der Waals surface area contributed by atoms with Crippen molar-refractivity contribution in [3.8, 4) is 11.5 Å². The summed E-state index contributed by atoms with van der Waals surface area (Å²) in [7, 11) is 2.93. The van der Waals surface area contributed by atoms with Gasteiger partial charge in [-0.25, -0.2) is 0 Å². The minimum absolute atomic E-state index is 0.369. The van der Waals surface area contributed by atoms with E-state index in [2.05, 4.69) is 0 Å². The molecule has 0 fully saturated rings. The predicted molar refractivity (Wildman–Crippen MR) is 56.4 cm³/mol. The van der Waals surface area contributed by atoms with E-state index in [1.54, 1.807) is 18.2 Å². The zero-order chi connectivity index (χ0) is 12.1. The molecule has 0 aliphatic carbocycles. The van der Waals surface area contributed by atoms with Crippen molar-refractivity contribution in [2.24, 2.45) is 0 Å². The summed E-state index contributed by atoms with van der Waals surface area (Å²) in [6.45, 7) is -0.553. The molecule has 0 aliphatic rings. The van der Waals surface area contributed by atoms with Crippen molar-refractivity contribution >= 4 is 0 Å². The van der Waals surface area contributed by atoms with Crippen LogP contribution in [-0.4, -0.2) is 30.8 Å². The summed E-state index contributed by atoms with van der Waals surface area (Å²) in [4.78, 5) is 9.71. The summed E-state index contributed by atoms with van der Waals surface area (Å²) < 4.78 is 10.0. The molecule has 0 saturated heterocycles. The average molecular weight is 227 g/mol. The highest BCUT2D eigenvalue weighted by molar-refractivity contribution is 5.41. The summed E-state index contributed by atoms with van der Waals surface area (Å²) in [6.07, 6.45) is -1.18. The van der Waals surface area contributed by atoms with Gasteiger partial charge in [0, 0.05) is 16.6 Å². The molecule has 1 rings (SSSR count). The van der Waals surface area contributed by atoms with Gasteiger partial charge in [-0.05, 0) is 12.1 Å². The third-order valence-electron chi connectivity index (χ3n) is 2.12. The summed E-state index contributed by atoms with van der Waals surface area (Å²) in [5, 5.41) is 19.9. The molecule has 1 aromatic rings. The molecule has 0 aromatic heterocycles. The van der Waals surface area contributed by atoms with Crippen LogP contribution in [0.2, 0.25) is 0 Å². The van der Waals surface area contributed by atoms with Gasteiger partial charge >= 0.3 is 0 Å². The Kier molecular flexibility index (Phi) is 4.07. The third kappa shape index (κ3) is 2.83. The van der Waals surface area contributed by atoms with Gasteiger partial charge in [-0.3, -0.25) is 10.1 Å². The molecule has 0 saturated carbocycles. The molecular weight excluding hydrogens is 214 g/mol. The number of ether oxygens (including phenoxy) is 2. The molecule has 1 N–H and O–H groups in total. The molecular formula is C10H13NO5. The van der Waals surface area contributed by atoms with Crippen LogP contribution in [0.3, 0.4) is 0 Å². The fourth-order valence-electron chi connectivity index (χ4n) is 1.33. The van der Waals surface area contributed by atoms with Crippen LogP contribution in [0.5, 0.6) is 11.5 Å². The van der Waals surface area contributed by atoms with Crippen LogP contribution < -0.4 is 9.47 Å². The highest BCUT2D eigenvalue weighted by Crippen LogP contribution is 2.29. The molecule has 0 heterocycles. The van der Waals surface area contributed by atoms with E-state index in [1.807, 2.05) is 0 Å². The normalized spacial score (nSPS) is 11.9. The molecule has 0 bridgehead atoms. The van der Waals surface area contributed by atoms with Gasteiger partial charge in [-0.15, -0.1) is 0 Å². The molecule has 1 aromatic carbocycles. The molecule has 1 atom stereocenters. The van der Waals surface area contributed by atoms with E-state index in [-0.39, 0.29) is 0 Å². The molecule has 16 heavy (non-hydrogen) atoms. The second kappa shape index (κ2) is 5.32. The Hall–Kier alpha value is -1.82. The molecule has 0 amide bonds. The van der Waals surface area contributed by atoms with Gasteiger partial charge in [-0.2, -0.15) is 0 Å². The minimum Gasteiger partial charge on any atom is -0.497 e. The largest absolute Gasteiger partial charge is 0.497 e. The van der Waals surface area contributed by atoms with Crippen molar-refractivity contribution in [3.63, 3.8) is 0 Å². The maximum atomic E-state index is 10.3. The van der Waals surface area contributed by atoms with Crippen LogP contribution in [0.25, 0.3) is 0 Å².